The number of rotatable bonds is 10. The van der Waals surface area contributed by atoms with Crippen LogP contribution in [0.15, 0.2) is 29.4 Å². The van der Waals surface area contributed by atoms with Gasteiger partial charge >= 0.3 is 5.97 Å². The Morgan fingerprint density at radius 1 is 1.39 bits per heavy atom. The largest absolute Gasteiger partial charge is 0.497 e. The number of ether oxygens (including phenoxy) is 2. The first-order valence-corrected chi connectivity index (χ1v) is 10.1. The summed E-state index contributed by atoms with van der Waals surface area (Å²) in [5.41, 5.74) is 0.772. The summed E-state index contributed by atoms with van der Waals surface area (Å²) in [6.45, 7) is 2.04. The lowest BCUT2D eigenvalue weighted by atomic mass is 10.0. The topological polar surface area (TPSA) is 108 Å². The highest BCUT2D eigenvalue weighted by atomic mass is 32.2. The molecule has 28 heavy (non-hydrogen) atoms. The predicted molar refractivity (Wildman–Crippen MR) is 102 cm³/mol. The molecular formula is C18H23N5O4S. The zero-order valence-corrected chi connectivity index (χ0v) is 16.6. The Hall–Kier alpha value is -2.62. The maximum atomic E-state index is 12.5. The van der Waals surface area contributed by atoms with Gasteiger partial charge in [-0.2, -0.15) is 0 Å². The van der Waals surface area contributed by atoms with Crippen LogP contribution in [0.3, 0.4) is 0 Å². The predicted octanol–water partition coefficient (Wildman–Crippen LogP) is 1.92. The van der Waals surface area contributed by atoms with Gasteiger partial charge < -0.3 is 14.8 Å². The maximum Gasteiger partial charge on any atom is 0.308 e. The minimum atomic E-state index is -0.512. The number of hydrogen-bond donors (Lipinski definition) is 1. The highest BCUT2D eigenvalue weighted by molar-refractivity contribution is 7.99. The van der Waals surface area contributed by atoms with Gasteiger partial charge in [0.2, 0.25) is 11.1 Å². The minimum absolute atomic E-state index is 0.0389. The zero-order valence-electron chi connectivity index (χ0n) is 15.8. The number of hydrogen-bond acceptors (Lipinski definition) is 8. The van der Waals surface area contributed by atoms with Crippen LogP contribution in [0.25, 0.3) is 0 Å². The lowest BCUT2D eigenvalue weighted by Gasteiger charge is -2.19. The molecule has 10 heteroatoms. The molecule has 1 aliphatic rings. The summed E-state index contributed by atoms with van der Waals surface area (Å²) in [6.07, 6.45) is 2.15. The van der Waals surface area contributed by atoms with E-state index in [0.29, 0.717) is 16.9 Å². The number of tetrazole rings is 1. The SMILES string of the molecule is CCOC(=O)CC(NC(=O)CSc1nnnn1C1CC1)c1cccc(OC)c1. The smallest absolute Gasteiger partial charge is 0.308 e. The number of nitrogens with one attached hydrogen (secondary N) is 1. The van der Waals surface area contributed by atoms with Gasteiger partial charge in [-0.05, 0) is 47.9 Å². The van der Waals surface area contributed by atoms with Crippen molar-refractivity contribution in [2.75, 3.05) is 19.5 Å². The van der Waals surface area contributed by atoms with E-state index in [9.17, 15) is 9.59 Å². The van der Waals surface area contributed by atoms with Gasteiger partial charge in [-0.1, -0.05) is 23.9 Å². The Kier molecular flexibility index (Phi) is 6.85. The third-order valence-corrected chi connectivity index (χ3v) is 5.13. The molecule has 1 unspecified atom stereocenters. The van der Waals surface area contributed by atoms with Crippen molar-refractivity contribution in [1.29, 1.82) is 0 Å². The lowest BCUT2D eigenvalue weighted by Crippen LogP contribution is -2.32. The Labute approximate surface area is 167 Å². The van der Waals surface area contributed by atoms with Crippen LogP contribution < -0.4 is 10.1 Å². The van der Waals surface area contributed by atoms with Crippen molar-refractivity contribution in [1.82, 2.24) is 25.5 Å². The minimum Gasteiger partial charge on any atom is -0.497 e. The fourth-order valence-electron chi connectivity index (χ4n) is 2.69. The number of carbonyl (C=O) groups is 2. The van der Waals surface area contributed by atoms with Crippen LogP contribution in [-0.2, 0) is 14.3 Å². The average Bonchev–Trinajstić information content (AvgIpc) is 3.43. The molecule has 1 aromatic carbocycles. The van der Waals surface area contributed by atoms with Crippen LogP contribution in [0.4, 0.5) is 0 Å². The van der Waals surface area contributed by atoms with Crippen LogP contribution in [0, 0.1) is 0 Å². The van der Waals surface area contributed by atoms with E-state index in [-0.39, 0.29) is 30.7 Å². The molecule has 0 bridgehead atoms. The highest BCUT2D eigenvalue weighted by Gasteiger charge is 2.28. The summed E-state index contributed by atoms with van der Waals surface area (Å²) in [6, 6.07) is 7.09. The van der Waals surface area contributed by atoms with Crippen LogP contribution in [0.2, 0.25) is 0 Å². The van der Waals surface area contributed by atoms with E-state index in [1.807, 2.05) is 12.1 Å². The first-order valence-electron chi connectivity index (χ1n) is 9.10. The van der Waals surface area contributed by atoms with Crippen molar-refractivity contribution < 1.29 is 19.1 Å². The van der Waals surface area contributed by atoms with Crippen molar-refractivity contribution >= 4 is 23.6 Å². The molecule has 9 nitrogen and oxygen atoms in total. The zero-order chi connectivity index (χ0) is 19.9. The monoisotopic (exact) mass is 405 g/mol. The number of aromatic nitrogens is 4. The molecular weight excluding hydrogens is 382 g/mol. The summed E-state index contributed by atoms with van der Waals surface area (Å²) >= 11 is 1.28. The third-order valence-electron chi connectivity index (χ3n) is 4.20. The fourth-order valence-corrected chi connectivity index (χ4v) is 3.45. The van der Waals surface area contributed by atoms with Crippen LogP contribution in [0.1, 0.15) is 43.8 Å². The highest BCUT2D eigenvalue weighted by Crippen LogP contribution is 2.36. The molecule has 1 N–H and O–H groups in total. The summed E-state index contributed by atoms with van der Waals surface area (Å²) in [5.74, 6) is 0.211. The fraction of sp³-hybridized carbons (Fsp3) is 0.500. The number of nitrogens with zero attached hydrogens (tertiary/aromatic N) is 4. The maximum absolute atomic E-state index is 12.5. The van der Waals surface area contributed by atoms with Gasteiger partial charge in [0.25, 0.3) is 0 Å². The van der Waals surface area contributed by atoms with Gasteiger partial charge in [-0.25, -0.2) is 4.68 Å². The lowest BCUT2D eigenvalue weighted by molar-refractivity contribution is -0.143. The quantitative estimate of drug-likeness (QED) is 0.472. The molecule has 1 saturated carbocycles. The van der Waals surface area contributed by atoms with E-state index in [1.54, 1.807) is 30.8 Å². The molecule has 1 fully saturated rings. The van der Waals surface area contributed by atoms with Gasteiger partial charge in [0.05, 0.1) is 38.0 Å². The van der Waals surface area contributed by atoms with E-state index in [2.05, 4.69) is 20.8 Å². The molecule has 1 aliphatic carbocycles. The summed E-state index contributed by atoms with van der Waals surface area (Å²) in [4.78, 5) is 24.5. The van der Waals surface area contributed by atoms with Gasteiger partial charge in [0.15, 0.2) is 0 Å². The molecule has 150 valence electrons. The standard InChI is InChI=1S/C18H23N5O4S/c1-3-27-17(25)10-15(12-5-4-6-14(9-12)26-2)19-16(24)11-28-18-20-21-22-23(18)13-7-8-13/h4-6,9,13,15H,3,7-8,10-11H2,1-2H3,(H,19,24). The Morgan fingerprint density at radius 2 is 2.21 bits per heavy atom. The number of methoxy groups -OCH3 is 1. The first-order chi connectivity index (χ1) is 13.6. The van der Waals surface area contributed by atoms with Crippen molar-refractivity contribution in [2.45, 2.75) is 43.4 Å². The molecule has 1 amide bonds. The molecule has 1 atom stereocenters. The second kappa shape index (κ2) is 9.54. The van der Waals surface area contributed by atoms with Gasteiger partial charge in [0.1, 0.15) is 5.75 Å². The molecule has 1 heterocycles. The normalized spacial score (nSPS) is 14.4. The molecule has 0 aliphatic heterocycles. The Bertz CT molecular complexity index is 824. The van der Waals surface area contributed by atoms with E-state index < -0.39 is 6.04 Å². The van der Waals surface area contributed by atoms with Gasteiger partial charge in [-0.15, -0.1) is 5.10 Å². The number of amides is 1. The average molecular weight is 405 g/mol. The number of benzene rings is 1. The molecule has 2 aromatic rings. The van der Waals surface area contributed by atoms with E-state index in [0.717, 1.165) is 18.4 Å². The van der Waals surface area contributed by atoms with Crippen molar-refractivity contribution in [3.05, 3.63) is 29.8 Å². The number of carbonyl (C=O) groups excluding carboxylic acids is 2. The third kappa shape index (κ3) is 5.44. The molecule has 1 aromatic heterocycles. The van der Waals surface area contributed by atoms with Crippen LogP contribution in [-0.4, -0.2) is 51.6 Å². The van der Waals surface area contributed by atoms with Crippen LogP contribution >= 0.6 is 11.8 Å². The number of esters is 1. The second-order valence-electron chi connectivity index (χ2n) is 6.33. The Morgan fingerprint density at radius 3 is 2.93 bits per heavy atom. The summed E-state index contributed by atoms with van der Waals surface area (Å²) in [5, 5.41) is 15.2. The van der Waals surface area contributed by atoms with E-state index in [4.69, 9.17) is 9.47 Å². The molecule has 3 rings (SSSR count). The first kappa shape index (κ1) is 20.1. The Balaban J connectivity index is 1.64. The van der Waals surface area contributed by atoms with Crippen molar-refractivity contribution in [2.24, 2.45) is 0 Å². The van der Waals surface area contributed by atoms with E-state index in [1.165, 1.54) is 11.8 Å². The summed E-state index contributed by atoms with van der Waals surface area (Å²) < 4.78 is 12.0. The van der Waals surface area contributed by atoms with Gasteiger partial charge in [0, 0.05) is 0 Å². The molecule has 0 spiro atoms. The van der Waals surface area contributed by atoms with E-state index >= 15 is 0 Å². The number of thioether (sulfide) groups is 1. The molecule has 0 radical (unpaired) electrons. The van der Waals surface area contributed by atoms with Gasteiger partial charge in [-0.3, -0.25) is 9.59 Å². The van der Waals surface area contributed by atoms with Crippen LogP contribution in [0.5, 0.6) is 5.75 Å². The van der Waals surface area contributed by atoms with Crippen molar-refractivity contribution in [3.63, 3.8) is 0 Å². The van der Waals surface area contributed by atoms with Crippen molar-refractivity contribution in [3.8, 4) is 5.75 Å². The molecule has 0 saturated heterocycles. The summed E-state index contributed by atoms with van der Waals surface area (Å²) in [7, 11) is 1.57. The second-order valence-corrected chi connectivity index (χ2v) is 7.27.